The third kappa shape index (κ3) is 5.19. The van der Waals surface area contributed by atoms with Gasteiger partial charge in [0, 0.05) is 64.1 Å². The summed E-state index contributed by atoms with van der Waals surface area (Å²) in [5.41, 5.74) is 10.1. The van der Waals surface area contributed by atoms with E-state index in [0.717, 1.165) is 60.8 Å². The third-order valence-corrected chi connectivity index (χ3v) is 12.2. The first-order chi connectivity index (χ1) is 28.2. The molecule has 4 aromatic heterocycles. The summed E-state index contributed by atoms with van der Waals surface area (Å²) >= 11 is 1.79. The molecule has 0 unspecified atom stereocenters. The Morgan fingerprint density at radius 1 is 0.351 bits per heavy atom. The van der Waals surface area contributed by atoms with Crippen molar-refractivity contribution in [2.24, 2.45) is 0 Å². The maximum absolute atomic E-state index is 6.67. The second-order valence-electron chi connectivity index (χ2n) is 14.4. The smallest absolute Gasteiger partial charge is 0.164 e. The van der Waals surface area contributed by atoms with Gasteiger partial charge in [-0.25, -0.2) is 15.0 Å². The molecule has 6 heteroatoms. The number of benzene rings is 8. The molecule has 0 amide bonds. The molecular weight excluding hydrogens is 717 g/mol. The normalized spacial score (nSPS) is 11.9. The Balaban J connectivity index is 1.02. The second-order valence-corrected chi connectivity index (χ2v) is 15.5. The van der Waals surface area contributed by atoms with Crippen LogP contribution in [0.25, 0.3) is 115 Å². The highest BCUT2D eigenvalue weighted by atomic mass is 32.1. The molecule has 0 bridgehead atoms. The minimum atomic E-state index is 0.590. The van der Waals surface area contributed by atoms with E-state index < -0.39 is 0 Å². The first kappa shape index (κ1) is 31.9. The Labute approximate surface area is 330 Å². The highest BCUT2D eigenvalue weighted by Crippen LogP contribution is 2.40. The standard InChI is InChI=1S/C51H30N4OS/c1-3-11-31(12-4-1)32-19-21-33(22-20-32)49-52-50(54-51(53-49)35-24-26-40-39-16-8-10-18-47(39)57-48(40)28-35)34-23-25-38-42-29-44-41(30-46(42)56-45(38)27-34)37-15-7-9-17-43(37)55(44)36-13-5-2-6-14-36/h1-30H. The summed E-state index contributed by atoms with van der Waals surface area (Å²) in [4.78, 5) is 15.3. The zero-order valence-electron chi connectivity index (χ0n) is 30.4. The molecule has 0 spiro atoms. The fourth-order valence-electron chi connectivity index (χ4n) is 8.30. The largest absolute Gasteiger partial charge is 0.456 e. The van der Waals surface area contributed by atoms with Crippen molar-refractivity contribution in [3.8, 4) is 51.0 Å². The van der Waals surface area contributed by atoms with Crippen LogP contribution in [0.1, 0.15) is 0 Å². The molecule has 12 rings (SSSR count). The number of aromatic nitrogens is 4. The number of fused-ring (bicyclic) bond motifs is 9. The molecule has 8 aromatic carbocycles. The molecule has 0 fully saturated rings. The average molecular weight is 747 g/mol. The molecule has 4 heterocycles. The number of hydrogen-bond acceptors (Lipinski definition) is 5. The fourth-order valence-corrected chi connectivity index (χ4v) is 9.45. The highest BCUT2D eigenvalue weighted by Gasteiger charge is 2.19. The molecule has 5 nitrogen and oxygen atoms in total. The van der Waals surface area contributed by atoms with Gasteiger partial charge in [-0.3, -0.25) is 0 Å². The van der Waals surface area contributed by atoms with Gasteiger partial charge in [0.05, 0.1) is 11.0 Å². The van der Waals surface area contributed by atoms with Crippen molar-refractivity contribution < 1.29 is 4.42 Å². The van der Waals surface area contributed by atoms with Crippen LogP contribution in [-0.4, -0.2) is 19.5 Å². The van der Waals surface area contributed by atoms with Gasteiger partial charge < -0.3 is 8.98 Å². The van der Waals surface area contributed by atoms with Crippen LogP contribution in [0.5, 0.6) is 0 Å². The van der Waals surface area contributed by atoms with Gasteiger partial charge in [0.1, 0.15) is 11.2 Å². The molecule has 12 aromatic rings. The summed E-state index contributed by atoms with van der Waals surface area (Å²) in [5, 5.41) is 6.96. The van der Waals surface area contributed by atoms with E-state index in [9.17, 15) is 0 Å². The van der Waals surface area contributed by atoms with Gasteiger partial charge in [0.15, 0.2) is 17.5 Å². The van der Waals surface area contributed by atoms with Gasteiger partial charge in [0.2, 0.25) is 0 Å². The van der Waals surface area contributed by atoms with Crippen LogP contribution in [0.3, 0.4) is 0 Å². The van der Waals surface area contributed by atoms with E-state index in [1.54, 1.807) is 11.3 Å². The Hall–Kier alpha value is -7.41. The summed E-state index contributed by atoms with van der Waals surface area (Å²) in [5.74, 6) is 1.83. The second kappa shape index (κ2) is 12.6. The molecule has 57 heavy (non-hydrogen) atoms. The topological polar surface area (TPSA) is 56.7 Å². The third-order valence-electron chi connectivity index (χ3n) is 11.1. The van der Waals surface area contributed by atoms with E-state index in [4.69, 9.17) is 19.4 Å². The van der Waals surface area contributed by atoms with Crippen molar-refractivity contribution in [2.45, 2.75) is 0 Å². The first-order valence-corrected chi connectivity index (χ1v) is 19.8. The minimum Gasteiger partial charge on any atom is -0.456 e. The maximum atomic E-state index is 6.67. The van der Waals surface area contributed by atoms with Crippen LogP contribution < -0.4 is 0 Å². The molecule has 0 aliphatic carbocycles. The van der Waals surface area contributed by atoms with E-state index in [1.807, 2.05) is 6.07 Å². The number of furan rings is 1. The molecular formula is C51H30N4OS. The van der Waals surface area contributed by atoms with E-state index in [1.165, 1.54) is 36.6 Å². The monoisotopic (exact) mass is 746 g/mol. The number of rotatable bonds is 5. The molecule has 0 saturated carbocycles. The molecule has 0 N–H and O–H groups in total. The summed E-state index contributed by atoms with van der Waals surface area (Å²) in [6.45, 7) is 0. The predicted molar refractivity (Wildman–Crippen MR) is 236 cm³/mol. The van der Waals surface area contributed by atoms with Gasteiger partial charge >= 0.3 is 0 Å². The quantitative estimate of drug-likeness (QED) is 0.176. The SMILES string of the molecule is c1ccc(-c2ccc(-c3nc(-c4ccc5c(c4)oc4cc6c7ccccc7n(-c7ccccc7)c6cc45)nc(-c4ccc5c(c4)sc4ccccc45)n3)cc2)cc1. The predicted octanol–water partition coefficient (Wildman–Crippen LogP) is 13.9. The lowest BCUT2D eigenvalue weighted by atomic mass is 10.0. The van der Waals surface area contributed by atoms with Crippen molar-refractivity contribution in [2.75, 3.05) is 0 Å². The Morgan fingerprint density at radius 3 is 1.70 bits per heavy atom. The van der Waals surface area contributed by atoms with Crippen LogP contribution in [0, 0.1) is 0 Å². The number of thiophene rings is 1. The number of nitrogens with zero attached hydrogens (tertiary/aromatic N) is 4. The van der Waals surface area contributed by atoms with Crippen LogP contribution in [-0.2, 0) is 0 Å². The Morgan fingerprint density at radius 2 is 0.912 bits per heavy atom. The minimum absolute atomic E-state index is 0.590. The van der Waals surface area contributed by atoms with Gasteiger partial charge in [0.25, 0.3) is 0 Å². The fraction of sp³-hybridized carbons (Fsp3) is 0. The zero-order chi connectivity index (χ0) is 37.5. The van der Waals surface area contributed by atoms with Crippen LogP contribution in [0.15, 0.2) is 186 Å². The van der Waals surface area contributed by atoms with Gasteiger partial charge in [-0.2, -0.15) is 0 Å². The first-order valence-electron chi connectivity index (χ1n) is 19.0. The molecule has 0 atom stereocenters. The van der Waals surface area contributed by atoms with E-state index in [2.05, 4.69) is 180 Å². The van der Waals surface area contributed by atoms with Gasteiger partial charge in [-0.15, -0.1) is 11.3 Å². The van der Waals surface area contributed by atoms with Crippen molar-refractivity contribution >= 4 is 75.3 Å². The van der Waals surface area contributed by atoms with Crippen LogP contribution >= 0.6 is 11.3 Å². The average Bonchev–Trinajstić information content (AvgIpc) is 3.94. The van der Waals surface area contributed by atoms with Crippen molar-refractivity contribution in [3.63, 3.8) is 0 Å². The maximum Gasteiger partial charge on any atom is 0.164 e. The zero-order valence-corrected chi connectivity index (χ0v) is 31.2. The van der Waals surface area contributed by atoms with E-state index in [0.29, 0.717) is 17.5 Å². The van der Waals surface area contributed by atoms with Crippen LogP contribution in [0.4, 0.5) is 0 Å². The summed E-state index contributed by atoms with van der Waals surface area (Å²) in [7, 11) is 0. The van der Waals surface area contributed by atoms with Crippen molar-refractivity contribution in [1.29, 1.82) is 0 Å². The van der Waals surface area contributed by atoms with E-state index in [-0.39, 0.29) is 0 Å². The van der Waals surface area contributed by atoms with E-state index >= 15 is 0 Å². The lowest BCUT2D eigenvalue weighted by Crippen LogP contribution is -2.00. The summed E-state index contributed by atoms with van der Waals surface area (Å²) < 4.78 is 11.5. The number of hydrogen-bond donors (Lipinski definition) is 0. The Kier molecular flexibility index (Phi) is 7.03. The summed E-state index contributed by atoms with van der Waals surface area (Å²) in [6.07, 6.45) is 0. The highest BCUT2D eigenvalue weighted by molar-refractivity contribution is 7.25. The Bertz CT molecular complexity index is 3510. The molecule has 266 valence electrons. The number of para-hydroxylation sites is 2. The van der Waals surface area contributed by atoms with Crippen LogP contribution in [0.2, 0.25) is 0 Å². The lowest BCUT2D eigenvalue weighted by Gasteiger charge is -2.09. The molecule has 0 saturated heterocycles. The van der Waals surface area contributed by atoms with Crippen molar-refractivity contribution in [1.82, 2.24) is 19.5 Å². The molecule has 0 aliphatic rings. The molecule has 0 aliphatic heterocycles. The molecule has 0 radical (unpaired) electrons. The van der Waals surface area contributed by atoms with Gasteiger partial charge in [-0.1, -0.05) is 127 Å². The summed E-state index contributed by atoms with van der Waals surface area (Å²) in [6, 6.07) is 63.8. The lowest BCUT2D eigenvalue weighted by molar-refractivity contribution is 0.669. The van der Waals surface area contributed by atoms with Gasteiger partial charge in [-0.05, 0) is 65.7 Å². The van der Waals surface area contributed by atoms with Crippen molar-refractivity contribution in [3.05, 3.63) is 182 Å².